The van der Waals surface area contributed by atoms with Gasteiger partial charge in [-0.05, 0) is 19.5 Å². The van der Waals surface area contributed by atoms with E-state index in [-0.39, 0.29) is 6.04 Å². The Morgan fingerprint density at radius 3 is 2.67 bits per heavy atom. The Balaban J connectivity index is 2.45. The van der Waals surface area contributed by atoms with Crippen molar-refractivity contribution in [3.05, 3.63) is 11.7 Å². The lowest BCUT2D eigenvalue weighted by molar-refractivity contribution is 0.0981. The Hall–Kier alpha value is -0.980. The van der Waals surface area contributed by atoms with E-state index in [0.29, 0.717) is 24.9 Å². The quantitative estimate of drug-likeness (QED) is 0.672. The van der Waals surface area contributed by atoms with Crippen LogP contribution in [0.4, 0.5) is 0 Å². The second-order valence-corrected chi connectivity index (χ2v) is 4.19. The van der Waals surface area contributed by atoms with Crippen molar-refractivity contribution in [2.75, 3.05) is 26.2 Å². The summed E-state index contributed by atoms with van der Waals surface area (Å²) in [5, 5.41) is 3.90. The summed E-state index contributed by atoms with van der Waals surface area (Å²) in [6, 6.07) is -0.214. The van der Waals surface area contributed by atoms with Crippen LogP contribution >= 0.6 is 0 Å². The van der Waals surface area contributed by atoms with Gasteiger partial charge in [-0.3, -0.25) is 0 Å². The van der Waals surface area contributed by atoms with Crippen molar-refractivity contribution in [1.82, 2.24) is 15.0 Å². The van der Waals surface area contributed by atoms with E-state index >= 15 is 0 Å². The molecule has 0 spiro atoms. The van der Waals surface area contributed by atoms with Crippen LogP contribution in [-0.2, 0) is 11.3 Å². The van der Waals surface area contributed by atoms with E-state index in [9.17, 15) is 0 Å². The highest BCUT2D eigenvalue weighted by Crippen LogP contribution is 2.09. The molecule has 0 bridgehead atoms. The summed E-state index contributed by atoms with van der Waals surface area (Å²) in [4.78, 5) is 6.48. The Bertz CT molecular complexity index is 326. The summed E-state index contributed by atoms with van der Waals surface area (Å²) in [7, 11) is 0. The van der Waals surface area contributed by atoms with Crippen LogP contribution in [0.1, 0.15) is 44.9 Å². The molecule has 0 amide bonds. The van der Waals surface area contributed by atoms with Crippen molar-refractivity contribution in [3.8, 4) is 0 Å². The van der Waals surface area contributed by atoms with Crippen LogP contribution in [0.2, 0.25) is 0 Å². The highest BCUT2D eigenvalue weighted by atomic mass is 16.5. The van der Waals surface area contributed by atoms with E-state index in [0.717, 1.165) is 26.1 Å². The van der Waals surface area contributed by atoms with E-state index in [4.69, 9.17) is 15.0 Å². The van der Waals surface area contributed by atoms with Gasteiger partial charge in [0, 0.05) is 13.2 Å². The molecule has 0 aliphatic carbocycles. The van der Waals surface area contributed by atoms with E-state index in [1.54, 1.807) is 0 Å². The van der Waals surface area contributed by atoms with E-state index in [1.165, 1.54) is 0 Å². The number of aromatic nitrogens is 2. The van der Waals surface area contributed by atoms with Gasteiger partial charge in [-0.15, -0.1) is 0 Å². The van der Waals surface area contributed by atoms with Gasteiger partial charge in [-0.2, -0.15) is 4.98 Å². The maximum absolute atomic E-state index is 6.05. The van der Waals surface area contributed by atoms with Gasteiger partial charge >= 0.3 is 0 Å². The average Bonchev–Trinajstić information content (AvgIpc) is 2.85. The molecule has 0 radical (unpaired) electrons. The number of rotatable bonds is 9. The minimum Gasteiger partial charge on any atom is -0.372 e. The largest absolute Gasteiger partial charge is 0.372 e. The molecule has 6 nitrogen and oxygen atoms in total. The molecule has 6 heteroatoms. The molecule has 104 valence electrons. The number of nitrogens with two attached hydrogens (primary N) is 1. The normalized spacial score (nSPS) is 13.2. The molecule has 1 aromatic rings. The minimum absolute atomic E-state index is 0.214. The number of nitrogens with zero attached hydrogens (tertiary/aromatic N) is 3. The molecule has 0 saturated carbocycles. The van der Waals surface area contributed by atoms with Gasteiger partial charge in [0.15, 0.2) is 5.82 Å². The van der Waals surface area contributed by atoms with Gasteiger partial charge in [-0.25, -0.2) is 0 Å². The first kappa shape index (κ1) is 15.1. The molecule has 1 rings (SSSR count). The zero-order chi connectivity index (χ0) is 13.4. The molecule has 1 heterocycles. The lowest BCUT2D eigenvalue weighted by atomic mass is 10.2. The molecular formula is C12H24N4O2. The second kappa shape index (κ2) is 8.18. The smallest absolute Gasteiger partial charge is 0.252 e. The van der Waals surface area contributed by atoms with Crippen molar-refractivity contribution in [2.45, 2.75) is 39.8 Å². The maximum Gasteiger partial charge on any atom is 0.252 e. The summed E-state index contributed by atoms with van der Waals surface area (Å²) >= 11 is 0. The molecule has 0 aliphatic heterocycles. The first-order chi connectivity index (χ1) is 8.71. The molecule has 2 N–H and O–H groups in total. The van der Waals surface area contributed by atoms with Gasteiger partial charge in [0.2, 0.25) is 0 Å². The third-order valence-electron chi connectivity index (χ3n) is 2.74. The van der Waals surface area contributed by atoms with Gasteiger partial charge in [0.1, 0.15) is 6.61 Å². The summed E-state index contributed by atoms with van der Waals surface area (Å²) in [5.41, 5.74) is 6.05. The van der Waals surface area contributed by atoms with E-state index < -0.39 is 0 Å². The fourth-order valence-electron chi connectivity index (χ4n) is 1.62. The third-order valence-corrected chi connectivity index (χ3v) is 2.74. The first-order valence-corrected chi connectivity index (χ1v) is 6.59. The van der Waals surface area contributed by atoms with Crippen LogP contribution in [0, 0.1) is 0 Å². The minimum atomic E-state index is -0.214. The second-order valence-electron chi connectivity index (χ2n) is 4.19. The summed E-state index contributed by atoms with van der Waals surface area (Å²) in [5.74, 6) is 1.05. The number of hydrogen-bond donors (Lipinski definition) is 1. The molecule has 1 aromatic heterocycles. The Morgan fingerprint density at radius 1 is 1.33 bits per heavy atom. The maximum atomic E-state index is 6.05. The number of likely N-dealkylation sites (N-methyl/N-ethyl adjacent to an activating group) is 1. The van der Waals surface area contributed by atoms with Crippen LogP contribution in [0.5, 0.6) is 0 Å². The van der Waals surface area contributed by atoms with Crippen LogP contribution in [0.3, 0.4) is 0 Å². The zero-order valence-electron chi connectivity index (χ0n) is 11.6. The molecule has 0 saturated heterocycles. The van der Waals surface area contributed by atoms with Crippen molar-refractivity contribution >= 4 is 0 Å². The molecule has 0 fully saturated rings. The first-order valence-electron chi connectivity index (χ1n) is 6.59. The summed E-state index contributed by atoms with van der Waals surface area (Å²) in [6.45, 7) is 10.00. The van der Waals surface area contributed by atoms with Gasteiger partial charge in [0.05, 0.1) is 6.04 Å². The average molecular weight is 256 g/mol. The predicted octanol–water partition coefficient (Wildman–Crippen LogP) is 1.34. The highest BCUT2D eigenvalue weighted by Gasteiger charge is 2.16. The molecular weight excluding hydrogens is 232 g/mol. The molecule has 1 atom stereocenters. The van der Waals surface area contributed by atoms with Crippen molar-refractivity contribution in [1.29, 1.82) is 0 Å². The Kier molecular flexibility index (Phi) is 6.85. The Morgan fingerprint density at radius 2 is 2.06 bits per heavy atom. The highest BCUT2D eigenvalue weighted by molar-refractivity contribution is 4.93. The fraction of sp³-hybridized carbons (Fsp3) is 0.833. The van der Waals surface area contributed by atoms with Crippen molar-refractivity contribution in [3.63, 3.8) is 0 Å². The van der Waals surface area contributed by atoms with Crippen LogP contribution in [0.15, 0.2) is 4.52 Å². The topological polar surface area (TPSA) is 77.4 Å². The molecule has 1 unspecified atom stereocenters. The van der Waals surface area contributed by atoms with E-state index in [1.807, 2.05) is 0 Å². The lowest BCUT2D eigenvalue weighted by Gasteiger charge is -2.20. The molecule has 0 aliphatic rings. The van der Waals surface area contributed by atoms with Gasteiger partial charge < -0.3 is 19.9 Å². The zero-order valence-corrected chi connectivity index (χ0v) is 11.6. The standard InChI is InChI=1S/C12H24N4O2/c1-4-7-17-9-11-14-12(15-18-11)10(13)8-16(5-2)6-3/h10H,4-9,13H2,1-3H3. The molecule has 0 aromatic carbocycles. The van der Waals surface area contributed by atoms with Crippen LogP contribution in [-0.4, -0.2) is 41.3 Å². The number of ether oxygens (including phenoxy) is 1. The van der Waals surface area contributed by atoms with Crippen molar-refractivity contribution in [2.24, 2.45) is 5.73 Å². The van der Waals surface area contributed by atoms with E-state index in [2.05, 4.69) is 35.8 Å². The predicted molar refractivity (Wildman–Crippen MR) is 69.0 cm³/mol. The SMILES string of the molecule is CCCOCc1nc(C(N)CN(CC)CC)no1. The Labute approximate surface area is 108 Å². The van der Waals surface area contributed by atoms with Crippen molar-refractivity contribution < 1.29 is 9.26 Å². The summed E-state index contributed by atoms with van der Waals surface area (Å²) < 4.78 is 10.4. The lowest BCUT2D eigenvalue weighted by Crippen LogP contribution is -2.32. The molecule has 18 heavy (non-hydrogen) atoms. The number of hydrogen-bond acceptors (Lipinski definition) is 6. The summed E-state index contributed by atoms with van der Waals surface area (Å²) in [6.07, 6.45) is 0.975. The van der Waals surface area contributed by atoms with Gasteiger partial charge in [0.25, 0.3) is 5.89 Å². The van der Waals surface area contributed by atoms with Gasteiger partial charge in [-0.1, -0.05) is 25.9 Å². The fourth-order valence-corrected chi connectivity index (χ4v) is 1.62. The monoisotopic (exact) mass is 256 g/mol. The third kappa shape index (κ3) is 4.72. The van der Waals surface area contributed by atoms with Crippen LogP contribution in [0.25, 0.3) is 0 Å². The van der Waals surface area contributed by atoms with Crippen LogP contribution < -0.4 is 5.73 Å².